The molecule has 0 saturated carbocycles. The number of hydrogen-bond acceptors (Lipinski definition) is 4. The summed E-state index contributed by atoms with van der Waals surface area (Å²) in [5.74, 6) is 0.254. The van der Waals surface area contributed by atoms with Gasteiger partial charge in [-0.3, -0.25) is 9.36 Å². The molecule has 23 heavy (non-hydrogen) atoms. The Morgan fingerprint density at radius 1 is 1.30 bits per heavy atom. The third kappa shape index (κ3) is 4.48. The van der Waals surface area contributed by atoms with Crippen molar-refractivity contribution in [3.8, 4) is 0 Å². The Bertz CT molecular complexity index is 716. The highest BCUT2D eigenvalue weighted by atomic mass is 32.2. The van der Waals surface area contributed by atoms with Crippen molar-refractivity contribution < 1.29 is 4.79 Å². The van der Waals surface area contributed by atoms with Gasteiger partial charge in [0.25, 0.3) is 0 Å². The molecule has 1 aromatic carbocycles. The van der Waals surface area contributed by atoms with E-state index in [1.165, 1.54) is 16.3 Å². The maximum absolute atomic E-state index is 12.7. The van der Waals surface area contributed by atoms with Gasteiger partial charge in [-0.2, -0.15) is 0 Å². The Labute approximate surface area is 139 Å². The number of nitrogens with one attached hydrogen (secondary N) is 1. The monoisotopic (exact) mass is 334 g/mol. The Kier molecular flexibility index (Phi) is 5.30. The number of carbonyl (C=O) groups is 1. The molecule has 1 heterocycles. The van der Waals surface area contributed by atoms with Gasteiger partial charge in [0.1, 0.15) is 0 Å². The minimum Gasteiger partial charge on any atom is -0.333 e. The maximum atomic E-state index is 12.7. The molecule has 124 valence electrons. The summed E-state index contributed by atoms with van der Waals surface area (Å²) in [6, 6.07) is 9.91. The highest BCUT2D eigenvalue weighted by molar-refractivity contribution is 7.99. The van der Waals surface area contributed by atoms with E-state index in [1.807, 2.05) is 56.0 Å². The van der Waals surface area contributed by atoms with Crippen LogP contribution in [0.1, 0.15) is 26.3 Å². The van der Waals surface area contributed by atoms with Crippen molar-refractivity contribution in [2.45, 2.75) is 38.0 Å². The molecule has 0 radical (unpaired) electrons. The van der Waals surface area contributed by atoms with Crippen molar-refractivity contribution in [1.29, 1.82) is 0 Å². The first-order valence-electron chi connectivity index (χ1n) is 7.37. The largest absolute Gasteiger partial charge is 0.343 e. The molecule has 0 saturated heterocycles. The standard InChI is InChI=1S/C16H22N4O2S/c1-16(2,3)20(10-12-8-6-5-7-9-12)13(21)11-23-15-18-17-14(22)19(15)4/h5-9H,10-11H2,1-4H3,(H,17,22). The van der Waals surface area contributed by atoms with E-state index in [9.17, 15) is 9.59 Å². The summed E-state index contributed by atoms with van der Waals surface area (Å²) in [5, 5.41) is 6.79. The highest BCUT2D eigenvalue weighted by Crippen LogP contribution is 2.21. The second kappa shape index (κ2) is 7.04. The van der Waals surface area contributed by atoms with E-state index in [-0.39, 0.29) is 22.9 Å². The lowest BCUT2D eigenvalue weighted by molar-refractivity contribution is -0.133. The smallest absolute Gasteiger partial charge is 0.333 e. The number of thioether (sulfide) groups is 1. The molecule has 7 heteroatoms. The van der Waals surface area contributed by atoms with Gasteiger partial charge in [0.2, 0.25) is 5.91 Å². The molecule has 0 aliphatic rings. The molecule has 1 aromatic heterocycles. The molecule has 0 bridgehead atoms. The molecule has 1 N–H and O–H groups in total. The van der Waals surface area contributed by atoms with Crippen molar-refractivity contribution >= 4 is 17.7 Å². The van der Waals surface area contributed by atoms with Crippen molar-refractivity contribution in [2.24, 2.45) is 7.05 Å². The number of amides is 1. The fourth-order valence-corrected chi connectivity index (χ4v) is 2.93. The average molecular weight is 334 g/mol. The van der Waals surface area contributed by atoms with Crippen molar-refractivity contribution in [3.05, 3.63) is 46.4 Å². The van der Waals surface area contributed by atoms with E-state index in [0.29, 0.717) is 11.7 Å². The molecule has 6 nitrogen and oxygen atoms in total. The number of aromatic amines is 1. The molecule has 2 aromatic rings. The quantitative estimate of drug-likeness (QED) is 0.849. The second-order valence-electron chi connectivity index (χ2n) is 6.30. The first-order valence-corrected chi connectivity index (χ1v) is 8.36. The van der Waals surface area contributed by atoms with Crippen LogP contribution in [0.15, 0.2) is 40.3 Å². The van der Waals surface area contributed by atoms with Gasteiger partial charge >= 0.3 is 5.69 Å². The third-order valence-electron chi connectivity index (χ3n) is 3.46. The predicted octanol–water partition coefficient (Wildman–Crippen LogP) is 2.03. The lowest BCUT2D eigenvalue weighted by Gasteiger charge is -2.36. The molecule has 0 aliphatic heterocycles. The first kappa shape index (κ1) is 17.3. The summed E-state index contributed by atoms with van der Waals surface area (Å²) in [6.45, 7) is 6.61. The molecule has 0 atom stereocenters. The Morgan fingerprint density at radius 2 is 1.96 bits per heavy atom. The lowest BCUT2D eigenvalue weighted by atomic mass is 10.0. The Hall–Kier alpha value is -2.02. The average Bonchev–Trinajstić information content (AvgIpc) is 2.82. The summed E-state index contributed by atoms with van der Waals surface area (Å²) >= 11 is 1.26. The highest BCUT2D eigenvalue weighted by Gasteiger charge is 2.26. The zero-order valence-corrected chi connectivity index (χ0v) is 14.7. The molecule has 0 spiro atoms. The number of rotatable bonds is 5. The summed E-state index contributed by atoms with van der Waals surface area (Å²) in [7, 11) is 1.63. The van der Waals surface area contributed by atoms with Crippen molar-refractivity contribution in [1.82, 2.24) is 19.7 Å². The van der Waals surface area contributed by atoms with Gasteiger partial charge < -0.3 is 4.90 Å². The van der Waals surface area contributed by atoms with E-state index < -0.39 is 0 Å². The topological polar surface area (TPSA) is 71.0 Å². The van der Waals surface area contributed by atoms with Gasteiger partial charge in [0.05, 0.1) is 5.75 Å². The number of aromatic nitrogens is 3. The molecule has 0 unspecified atom stereocenters. The van der Waals surface area contributed by atoms with Gasteiger partial charge in [-0.1, -0.05) is 42.1 Å². The molecular formula is C16H22N4O2S. The SMILES string of the molecule is Cn1c(SCC(=O)N(Cc2ccccc2)C(C)(C)C)n[nH]c1=O. The summed E-state index contributed by atoms with van der Waals surface area (Å²) in [5.41, 5.74) is 0.523. The fraction of sp³-hybridized carbons (Fsp3) is 0.438. The zero-order chi connectivity index (χ0) is 17.0. The van der Waals surface area contributed by atoms with Crippen LogP contribution in [0.3, 0.4) is 0 Å². The van der Waals surface area contributed by atoms with E-state index in [4.69, 9.17) is 0 Å². The number of hydrogen-bond donors (Lipinski definition) is 1. The van der Waals surface area contributed by atoms with Gasteiger partial charge in [-0.15, -0.1) is 5.10 Å². The Morgan fingerprint density at radius 3 is 2.48 bits per heavy atom. The fourth-order valence-electron chi connectivity index (χ4n) is 2.13. The normalized spacial score (nSPS) is 11.5. The van der Waals surface area contributed by atoms with E-state index in [0.717, 1.165) is 5.56 Å². The van der Waals surface area contributed by atoms with E-state index >= 15 is 0 Å². The third-order valence-corrected chi connectivity index (χ3v) is 4.47. The summed E-state index contributed by atoms with van der Waals surface area (Å²) < 4.78 is 1.40. The molecular weight excluding hydrogens is 312 g/mol. The van der Waals surface area contributed by atoms with Gasteiger partial charge in [-0.25, -0.2) is 9.89 Å². The van der Waals surface area contributed by atoms with E-state index in [1.54, 1.807) is 7.05 Å². The number of carbonyl (C=O) groups excluding carboxylic acids is 1. The van der Waals surface area contributed by atoms with Crippen LogP contribution in [-0.2, 0) is 18.4 Å². The summed E-state index contributed by atoms with van der Waals surface area (Å²) in [6.07, 6.45) is 0. The number of H-pyrrole nitrogens is 1. The van der Waals surface area contributed by atoms with Gasteiger partial charge in [-0.05, 0) is 26.3 Å². The van der Waals surface area contributed by atoms with Crippen LogP contribution >= 0.6 is 11.8 Å². The minimum atomic E-state index is -0.287. The van der Waals surface area contributed by atoms with Crippen LogP contribution in [-0.4, -0.2) is 36.9 Å². The van der Waals surface area contributed by atoms with Gasteiger partial charge in [0.15, 0.2) is 5.16 Å². The van der Waals surface area contributed by atoms with E-state index in [2.05, 4.69) is 10.2 Å². The Balaban J connectivity index is 2.08. The predicted molar refractivity (Wildman–Crippen MR) is 91.3 cm³/mol. The molecule has 0 fully saturated rings. The molecule has 1 amide bonds. The van der Waals surface area contributed by atoms with Crippen molar-refractivity contribution in [2.75, 3.05) is 5.75 Å². The minimum absolute atomic E-state index is 0.0156. The van der Waals surface area contributed by atoms with Crippen LogP contribution in [0.5, 0.6) is 0 Å². The zero-order valence-electron chi connectivity index (χ0n) is 13.9. The van der Waals surface area contributed by atoms with Crippen LogP contribution in [0.4, 0.5) is 0 Å². The second-order valence-corrected chi connectivity index (χ2v) is 7.24. The van der Waals surface area contributed by atoms with Crippen LogP contribution in [0.25, 0.3) is 0 Å². The van der Waals surface area contributed by atoms with Crippen LogP contribution in [0.2, 0.25) is 0 Å². The number of nitrogens with zero attached hydrogens (tertiary/aromatic N) is 3. The maximum Gasteiger partial charge on any atom is 0.343 e. The molecule has 2 rings (SSSR count). The lowest BCUT2D eigenvalue weighted by Crippen LogP contribution is -2.45. The van der Waals surface area contributed by atoms with Crippen molar-refractivity contribution in [3.63, 3.8) is 0 Å². The van der Waals surface area contributed by atoms with Crippen LogP contribution in [0, 0.1) is 0 Å². The summed E-state index contributed by atoms with van der Waals surface area (Å²) in [4.78, 5) is 25.9. The van der Waals surface area contributed by atoms with Crippen LogP contribution < -0.4 is 5.69 Å². The first-order chi connectivity index (χ1) is 10.8. The molecule has 0 aliphatic carbocycles. The van der Waals surface area contributed by atoms with Gasteiger partial charge in [0, 0.05) is 19.1 Å². The number of benzene rings is 1.